The Morgan fingerprint density at radius 2 is 1.12 bits per heavy atom. The van der Waals surface area contributed by atoms with Gasteiger partial charge in [-0.3, -0.25) is 0 Å². The molecule has 0 aliphatic heterocycles. The van der Waals surface area contributed by atoms with Gasteiger partial charge in [0.2, 0.25) is 0 Å². The minimum atomic E-state index is -0.128. The summed E-state index contributed by atoms with van der Waals surface area (Å²) in [5.74, 6) is 0.459. The lowest BCUT2D eigenvalue weighted by Gasteiger charge is -2.26. The Morgan fingerprint density at radius 1 is 0.490 bits per heavy atom. The van der Waals surface area contributed by atoms with Crippen molar-refractivity contribution in [2.75, 3.05) is 0 Å². The molecule has 0 heteroatoms. The molecule has 1 atom stereocenters. The first-order valence-corrected chi connectivity index (χ1v) is 18.3. The average molecular weight is 649 g/mol. The Bertz CT molecular complexity index is 2910. The number of rotatable bonds is 2. The molecule has 0 saturated carbocycles. The van der Waals surface area contributed by atoms with Crippen LogP contribution in [-0.4, -0.2) is 0 Å². The predicted octanol–water partition coefficient (Wildman–Crippen LogP) is 13.9. The van der Waals surface area contributed by atoms with Crippen LogP contribution in [0, 0.1) is 0 Å². The van der Waals surface area contributed by atoms with E-state index in [0.29, 0.717) is 5.92 Å². The van der Waals surface area contributed by atoms with E-state index in [4.69, 9.17) is 0 Å². The smallest absolute Gasteiger partial charge is 0.0159 e. The van der Waals surface area contributed by atoms with Crippen molar-refractivity contribution in [3.63, 3.8) is 0 Å². The van der Waals surface area contributed by atoms with Crippen molar-refractivity contribution in [2.24, 2.45) is 0 Å². The van der Waals surface area contributed by atoms with Gasteiger partial charge in [-0.1, -0.05) is 141 Å². The van der Waals surface area contributed by atoms with E-state index in [9.17, 15) is 0 Å². The highest BCUT2D eigenvalue weighted by Crippen LogP contribution is 2.51. The Labute approximate surface area is 298 Å². The first-order chi connectivity index (χ1) is 25.0. The van der Waals surface area contributed by atoms with Crippen molar-refractivity contribution in [2.45, 2.75) is 31.6 Å². The van der Waals surface area contributed by atoms with E-state index >= 15 is 0 Å². The normalized spacial score (nSPS) is 16.7. The fourth-order valence-electron chi connectivity index (χ4n) is 9.47. The zero-order chi connectivity index (χ0) is 33.8. The molecule has 0 amide bonds. The van der Waals surface area contributed by atoms with Crippen LogP contribution < -0.4 is 0 Å². The van der Waals surface area contributed by atoms with E-state index in [0.717, 1.165) is 6.42 Å². The fourth-order valence-corrected chi connectivity index (χ4v) is 9.47. The van der Waals surface area contributed by atoms with Gasteiger partial charge in [-0.05, 0) is 147 Å². The third-order valence-electron chi connectivity index (χ3n) is 12.2. The van der Waals surface area contributed by atoms with Crippen LogP contribution in [0.4, 0.5) is 0 Å². The second-order valence-electron chi connectivity index (χ2n) is 15.3. The molecule has 0 aromatic heterocycles. The van der Waals surface area contributed by atoms with E-state index in [1.165, 1.54) is 104 Å². The summed E-state index contributed by atoms with van der Waals surface area (Å²) in [6, 6.07) is 50.8. The van der Waals surface area contributed by atoms with Crippen molar-refractivity contribution < 1.29 is 0 Å². The maximum Gasteiger partial charge on any atom is 0.0159 e. The summed E-state index contributed by atoms with van der Waals surface area (Å²) < 4.78 is 0. The summed E-state index contributed by atoms with van der Waals surface area (Å²) in [4.78, 5) is 0. The van der Waals surface area contributed by atoms with Crippen LogP contribution in [0.15, 0.2) is 163 Å². The molecule has 8 aromatic rings. The van der Waals surface area contributed by atoms with Crippen LogP contribution in [0.5, 0.6) is 0 Å². The van der Waals surface area contributed by atoms with E-state index < -0.39 is 0 Å². The van der Waals surface area contributed by atoms with Crippen LogP contribution in [0.3, 0.4) is 0 Å². The molecule has 51 heavy (non-hydrogen) atoms. The third kappa shape index (κ3) is 4.20. The van der Waals surface area contributed by atoms with Crippen molar-refractivity contribution in [3.8, 4) is 33.4 Å². The van der Waals surface area contributed by atoms with Gasteiger partial charge < -0.3 is 0 Å². The lowest BCUT2D eigenvalue weighted by atomic mass is 9.78. The number of benzene rings is 8. The molecule has 8 aromatic carbocycles. The Morgan fingerprint density at radius 3 is 1.88 bits per heavy atom. The van der Waals surface area contributed by atoms with Crippen molar-refractivity contribution in [1.82, 2.24) is 0 Å². The van der Waals surface area contributed by atoms with Gasteiger partial charge in [-0.15, -0.1) is 0 Å². The molecule has 0 radical (unpaired) electrons. The highest BCUT2D eigenvalue weighted by molar-refractivity contribution is 6.14. The van der Waals surface area contributed by atoms with Crippen molar-refractivity contribution >= 4 is 49.2 Å². The quantitative estimate of drug-likeness (QED) is 0.129. The summed E-state index contributed by atoms with van der Waals surface area (Å²) in [6.45, 7) is 4.81. The second kappa shape index (κ2) is 10.5. The van der Waals surface area contributed by atoms with Gasteiger partial charge in [-0.2, -0.15) is 0 Å². The van der Waals surface area contributed by atoms with Gasteiger partial charge in [0.05, 0.1) is 0 Å². The zero-order valence-electron chi connectivity index (χ0n) is 28.9. The topological polar surface area (TPSA) is 0 Å². The standard InChI is InChI=1S/C51H36/c1-51(2)49-29-37(41-15-7-11-33-25-47-35(27-45(33)41)19-17-31-9-3-5-13-39(31)47)21-23-43(49)44-24-22-38(30-50(44)51)42-16-8-12-34-26-48-36(28-46(34)42)20-18-32-10-4-6-14-40(32)48/h3-13,15-30,40H,14H2,1-2H3. The monoisotopic (exact) mass is 648 g/mol. The van der Waals surface area contributed by atoms with Gasteiger partial charge >= 0.3 is 0 Å². The van der Waals surface area contributed by atoms with Crippen LogP contribution in [0.1, 0.15) is 48.4 Å². The SMILES string of the molecule is CC1(C)c2cc(-c3cccc4cc5c(cc34)C=CC3=CC=CCC35)ccc2-c2ccc(-c3cccc4cc5c(ccc6ccccc65)cc34)cc21. The average Bonchev–Trinajstić information content (AvgIpc) is 3.40. The molecule has 0 spiro atoms. The van der Waals surface area contributed by atoms with Crippen LogP contribution in [-0.2, 0) is 5.41 Å². The summed E-state index contributed by atoms with van der Waals surface area (Å²) in [6.07, 6.45) is 12.5. The van der Waals surface area contributed by atoms with E-state index in [1.54, 1.807) is 0 Å². The van der Waals surface area contributed by atoms with Crippen molar-refractivity contribution in [1.29, 1.82) is 0 Å². The Kier molecular flexibility index (Phi) is 5.94. The molecule has 0 bridgehead atoms. The maximum absolute atomic E-state index is 2.47. The summed E-state index contributed by atoms with van der Waals surface area (Å²) in [5.41, 5.74) is 14.8. The minimum absolute atomic E-state index is 0.128. The lowest BCUT2D eigenvalue weighted by Crippen LogP contribution is -2.15. The van der Waals surface area contributed by atoms with E-state index in [2.05, 4.69) is 178 Å². The highest BCUT2D eigenvalue weighted by Gasteiger charge is 2.36. The van der Waals surface area contributed by atoms with Gasteiger partial charge in [-0.25, -0.2) is 0 Å². The number of hydrogen-bond donors (Lipinski definition) is 0. The van der Waals surface area contributed by atoms with Gasteiger partial charge in [0.1, 0.15) is 0 Å². The number of allylic oxidation sites excluding steroid dienone is 5. The summed E-state index contributed by atoms with van der Waals surface area (Å²) in [5, 5.41) is 10.4. The van der Waals surface area contributed by atoms with E-state index in [1.807, 2.05) is 0 Å². The zero-order valence-corrected chi connectivity index (χ0v) is 28.9. The van der Waals surface area contributed by atoms with Gasteiger partial charge in [0, 0.05) is 11.3 Å². The summed E-state index contributed by atoms with van der Waals surface area (Å²) in [7, 11) is 0. The third-order valence-corrected chi connectivity index (χ3v) is 12.2. The number of fused-ring (bicyclic) bond motifs is 11. The molecule has 0 fully saturated rings. The molecule has 240 valence electrons. The highest BCUT2D eigenvalue weighted by atomic mass is 14.4. The second-order valence-corrected chi connectivity index (χ2v) is 15.3. The van der Waals surface area contributed by atoms with Crippen molar-refractivity contribution in [3.05, 3.63) is 186 Å². The molecule has 3 aliphatic rings. The first-order valence-electron chi connectivity index (χ1n) is 18.3. The Balaban J connectivity index is 1.01. The van der Waals surface area contributed by atoms with Gasteiger partial charge in [0.25, 0.3) is 0 Å². The first kappa shape index (κ1) is 28.8. The molecule has 0 heterocycles. The molecular weight excluding hydrogens is 613 g/mol. The molecule has 11 rings (SSSR count). The molecule has 0 saturated heterocycles. The predicted molar refractivity (Wildman–Crippen MR) is 219 cm³/mol. The van der Waals surface area contributed by atoms with Crippen LogP contribution in [0.25, 0.3) is 82.5 Å². The molecule has 0 nitrogen and oxygen atoms in total. The van der Waals surface area contributed by atoms with Crippen LogP contribution >= 0.6 is 0 Å². The molecular formula is C51H36. The van der Waals surface area contributed by atoms with E-state index in [-0.39, 0.29) is 5.41 Å². The Hall–Kier alpha value is -5.98. The minimum Gasteiger partial charge on any atom is -0.0836 e. The fraction of sp³-hybridized carbons (Fsp3) is 0.0980. The molecule has 1 unspecified atom stereocenters. The maximum atomic E-state index is 2.47. The lowest BCUT2D eigenvalue weighted by molar-refractivity contribution is 0.661. The van der Waals surface area contributed by atoms with Crippen LogP contribution in [0.2, 0.25) is 0 Å². The van der Waals surface area contributed by atoms with Gasteiger partial charge in [0.15, 0.2) is 0 Å². The summed E-state index contributed by atoms with van der Waals surface area (Å²) >= 11 is 0. The largest absolute Gasteiger partial charge is 0.0836 e. The molecule has 3 aliphatic carbocycles. The molecule has 0 N–H and O–H groups in total. The number of hydrogen-bond acceptors (Lipinski definition) is 0.